The van der Waals surface area contributed by atoms with Crippen molar-refractivity contribution in [2.75, 3.05) is 18.5 Å². The number of anilines is 1. The molecule has 0 aromatic heterocycles. The molecule has 0 heterocycles. The molecule has 0 fully saturated rings. The number of para-hydroxylation sites is 1. The summed E-state index contributed by atoms with van der Waals surface area (Å²) in [5, 5.41) is 3.24. The highest BCUT2D eigenvalue weighted by Crippen LogP contribution is 2.22. The first-order chi connectivity index (χ1) is 9.58. The summed E-state index contributed by atoms with van der Waals surface area (Å²) in [7, 11) is 0. The predicted octanol–water partition coefficient (Wildman–Crippen LogP) is 2.96. The normalized spacial score (nSPS) is 11.9. The molecular weight excluding hydrogens is 250 g/mol. The van der Waals surface area contributed by atoms with E-state index in [0.29, 0.717) is 19.1 Å². The van der Waals surface area contributed by atoms with Gasteiger partial charge in [0.15, 0.2) is 5.96 Å². The number of ether oxygens (including phenoxy) is 1. The molecule has 0 aliphatic rings. The Labute approximate surface area is 122 Å². The van der Waals surface area contributed by atoms with Crippen molar-refractivity contribution in [2.45, 2.75) is 46.6 Å². The van der Waals surface area contributed by atoms with E-state index >= 15 is 0 Å². The summed E-state index contributed by atoms with van der Waals surface area (Å²) < 4.78 is 5.44. The lowest BCUT2D eigenvalue weighted by Crippen LogP contribution is -2.25. The van der Waals surface area contributed by atoms with E-state index in [-0.39, 0.29) is 6.10 Å². The molecule has 1 aromatic carbocycles. The highest BCUT2D eigenvalue weighted by atomic mass is 16.5. The van der Waals surface area contributed by atoms with Crippen molar-refractivity contribution in [3.05, 3.63) is 29.3 Å². The summed E-state index contributed by atoms with van der Waals surface area (Å²) >= 11 is 0. The molecule has 0 amide bonds. The third-order valence-corrected chi connectivity index (χ3v) is 3.08. The molecule has 4 nitrogen and oxygen atoms in total. The average Bonchev–Trinajstić information content (AvgIpc) is 2.43. The van der Waals surface area contributed by atoms with Gasteiger partial charge in [-0.2, -0.15) is 0 Å². The van der Waals surface area contributed by atoms with Crippen LogP contribution in [0.3, 0.4) is 0 Å². The maximum Gasteiger partial charge on any atom is 0.193 e. The zero-order valence-electron chi connectivity index (χ0n) is 13.1. The summed E-state index contributed by atoms with van der Waals surface area (Å²) in [5.74, 6) is 0.452. The average molecular weight is 277 g/mol. The lowest BCUT2D eigenvalue weighted by molar-refractivity contribution is 0.0853. The first-order valence-corrected chi connectivity index (χ1v) is 7.37. The molecule has 0 radical (unpaired) electrons. The Kier molecular flexibility index (Phi) is 7.09. The smallest absolute Gasteiger partial charge is 0.193 e. The highest BCUT2D eigenvalue weighted by molar-refractivity contribution is 5.93. The van der Waals surface area contributed by atoms with Crippen molar-refractivity contribution >= 4 is 11.6 Å². The number of nitrogens with one attached hydrogen (secondary N) is 1. The van der Waals surface area contributed by atoms with Gasteiger partial charge in [0, 0.05) is 5.69 Å². The molecule has 1 rings (SSSR count). The third-order valence-electron chi connectivity index (χ3n) is 3.08. The zero-order valence-corrected chi connectivity index (χ0v) is 13.1. The number of nitrogens with two attached hydrogens (primary N) is 1. The third kappa shape index (κ3) is 5.21. The summed E-state index contributed by atoms with van der Waals surface area (Å²) in [6.07, 6.45) is 2.17. The molecule has 0 bridgehead atoms. The first-order valence-electron chi connectivity index (χ1n) is 7.37. The highest BCUT2D eigenvalue weighted by Gasteiger charge is 2.06. The van der Waals surface area contributed by atoms with Crippen molar-refractivity contribution in [2.24, 2.45) is 10.7 Å². The minimum Gasteiger partial charge on any atom is -0.377 e. The zero-order chi connectivity index (χ0) is 15.0. The Morgan fingerprint density at radius 3 is 2.35 bits per heavy atom. The van der Waals surface area contributed by atoms with Crippen LogP contribution >= 0.6 is 0 Å². The van der Waals surface area contributed by atoms with E-state index < -0.39 is 0 Å². The fourth-order valence-electron chi connectivity index (χ4n) is 2.03. The van der Waals surface area contributed by atoms with E-state index in [0.717, 1.165) is 18.5 Å². The van der Waals surface area contributed by atoms with E-state index in [2.05, 4.69) is 42.4 Å². The molecule has 0 aliphatic carbocycles. The van der Waals surface area contributed by atoms with Crippen molar-refractivity contribution in [3.63, 3.8) is 0 Å². The fraction of sp³-hybridized carbons (Fsp3) is 0.562. The van der Waals surface area contributed by atoms with Gasteiger partial charge in [-0.05, 0) is 37.8 Å². The number of guanidine groups is 1. The van der Waals surface area contributed by atoms with E-state index in [1.165, 1.54) is 11.1 Å². The first kappa shape index (κ1) is 16.5. The predicted molar refractivity (Wildman–Crippen MR) is 86.4 cm³/mol. The van der Waals surface area contributed by atoms with E-state index in [1.54, 1.807) is 0 Å². The Balaban J connectivity index is 2.69. The van der Waals surface area contributed by atoms with Gasteiger partial charge >= 0.3 is 0 Å². The standard InChI is InChI=1S/C16H27N3O/c1-5-13-8-7-9-14(6-2)15(13)19-16(17)18-10-11-20-12(3)4/h7-9,12H,5-6,10-11H2,1-4H3,(H3,17,18,19). The Morgan fingerprint density at radius 1 is 1.25 bits per heavy atom. The number of benzene rings is 1. The van der Waals surface area contributed by atoms with Crippen LogP contribution in [-0.4, -0.2) is 25.2 Å². The van der Waals surface area contributed by atoms with Crippen LogP contribution < -0.4 is 11.1 Å². The van der Waals surface area contributed by atoms with Crippen molar-refractivity contribution in [3.8, 4) is 0 Å². The minimum absolute atomic E-state index is 0.229. The number of aryl methyl sites for hydroxylation is 2. The Morgan fingerprint density at radius 2 is 1.85 bits per heavy atom. The number of hydrogen-bond donors (Lipinski definition) is 2. The monoisotopic (exact) mass is 277 g/mol. The Hall–Kier alpha value is -1.55. The summed E-state index contributed by atoms with van der Waals surface area (Å²) in [4.78, 5) is 4.30. The summed E-state index contributed by atoms with van der Waals surface area (Å²) in [5.41, 5.74) is 9.58. The molecule has 1 aromatic rings. The van der Waals surface area contributed by atoms with Crippen LogP contribution in [0.2, 0.25) is 0 Å². The topological polar surface area (TPSA) is 59.6 Å². The van der Waals surface area contributed by atoms with Gasteiger partial charge < -0.3 is 15.8 Å². The molecule has 20 heavy (non-hydrogen) atoms. The van der Waals surface area contributed by atoms with Crippen LogP contribution in [0.4, 0.5) is 5.69 Å². The van der Waals surface area contributed by atoms with E-state index in [4.69, 9.17) is 10.5 Å². The Bertz CT molecular complexity index is 419. The van der Waals surface area contributed by atoms with Gasteiger partial charge in [0.1, 0.15) is 0 Å². The quantitative estimate of drug-likeness (QED) is 0.457. The van der Waals surface area contributed by atoms with Crippen molar-refractivity contribution < 1.29 is 4.74 Å². The molecule has 0 saturated carbocycles. The van der Waals surface area contributed by atoms with Crippen molar-refractivity contribution in [1.29, 1.82) is 0 Å². The lowest BCUT2D eigenvalue weighted by atomic mass is 10.0. The van der Waals surface area contributed by atoms with Gasteiger partial charge in [0.2, 0.25) is 0 Å². The molecule has 0 aliphatic heterocycles. The molecule has 0 atom stereocenters. The van der Waals surface area contributed by atoms with Gasteiger partial charge in [0.05, 0.1) is 19.3 Å². The molecular formula is C16H27N3O. The number of nitrogens with zero attached hydrogens (tertiary/aromatic N) is 1. The lowest BCUT2D eigenvalue weighted by Gasteiger charge is -2.15. The van der Waals surface area contributed by atoms with Gasteiger partial charge in [0.25, 0.3) is 0 Å². The molecule has 112 valence electrons. The maximum absolute atomic E-state index is 5.95. The van der Waals surface area contributed by atoms with Crippen LogP contribution in [0.25, 0.3) is 0 Å². The number of aliphatic imine (C=N–C) groups is 1. The van der Waals surface area contributed by atoms with Crippen LogP contribution in [0.15, 0.2) is 23.2 Å². The summed E-state index contributed by atoms with van der Waals surface area (Å²) in [6.45, 7) is 9.48. The molecule has 3 N–H and O–H groups in total. The van der Waals surface area contributed by atoms with Gasteiger partial charge in [-0.1, -0.05) is 32.0 Å². The van der Waals surface area contributed by atoms with Gasteiger partial charge in [-0.15, -0.1) is 0 Å². The van der Waals surface area contributed by atoms with E-state index in [9.17, 15) is 0 Å². The van der Waals surface area contributed by atoms with Crippen LogP contribution in [0.1, 0.15) is 38.8 Å². The molecule has 0 saturated heterocycles. The van der Waals surface area contributed by atoms with Crippen LogP contribution in [-0.2, 0) is 17.6 Å². The fourth-order valence-corrected chi connectivity index (χ4v) is 2.03. The van der Waals surface area contributed by atoms with Crippen molar-refractivity contribution in [1.82, 2.24) is 0 Å². The maximum atomic E-state index is 5.95. The minimum atomic E-state index is 0.229. The van der Waals surface area contributed by atoms with Gasteiger partial charge in [-0.3, -0.25) is 4.99 Å². The van der Waals surface area contributed by atoms with Crippen LogP contribution in [0.5, 0.6) is 0 Å². The molecule has 0 spiro atoms. The molecule has 0 unspecified atom stereocenters. The summed E-state index contributed by atoms with van der Waals surface area (Å²) in [6, 6.07) is 6.33. The molecule has 4 heteroatoms. The number of hydrogen-bond acceptors (Lipinski definition) is 2. The second kappa shape index (κ2) is 8.59. The van der Waals surface area contributed by atoms with E-state index in [1.807, 2.05) is 13.8 Å². The second-order valence-electron chi connectivity index (χ2n) is 4.97. The SMILES string of the molecule is CCc1cccc(CC)c1NC(N)=NCCOC(C)C. The van der Waals surface area contributed by atoms with Gasteiger partial charge in [-0.25, -0.2) is 0 Å². The number of rotatable bonds is 7. The second-order valence-corrected chi connectivity index (χ2v) is 4.97. The van der Waals surface area contributed by atoms with Crippen LogP contribution in [0, 0.1) is 0 Å². The largest absolute Gasteiger partial charge is 0.377 e.